The van der Waals surface area contributed by atoms with Crippen LogP contribution in [0.3, 0.4) is 0 Å². The molecular formula is C24H26N4O5. The van der Waals surface area contributed by atoms with Crippen LogP contribution in [0.15, 0.2) is 48.5 Å². The van der Waals surface area contributed by atoms with Gasteiger partial charge in [-0.15, -0.1) is 0 Å². The average molecular weight is 450 g/mol. The molecule has 0 bridgehead atoms. The number of nitro groups is 1. The van der Waals surface area contributed by atoms with E-state index in [1.54, 1.807) is 24.0 Å². The molecule has 3 aromatic rings. The van der Waals surface area contributed by atoms with Crippen LogP contribution < -0.4 is 4.90 Å². The molecule has 1 aliphatic heterocycles. The summed E-state index contributed by atoms with van der Waals surface area (Å²) in [5.41, 5.74) is 1.77. The Morgan fingerprint density at radius 1 is 1.21 bits per heavy atom. The highest BCUT2D eigenvalue weighted by atomic mass is 16.6. The largest absolute Gasteiger partial charge is 0.465 e. The number of ether oxygens (including phenoxy) is 1. The van der Waals surface area contributed by atoms with Gasteiger partial charge in [-0.3, -0.25) is 24.6 Å². The van der Waals surface area contributed by atoms with Gasteiger partial charge in [-0.1, -0.05) is 38.1 Å². The molecule has 0 N–H and O–H groups in total. The first-order chi connectivity index (χ1) is 15.8. The van der Waals surface area contributed by atoms with Crippen LogP contribution in [0.1, 0.15) is 38.8 Å². The molecule has 0 unspecified atom stereocenters. The number of esters is 1. The Kier molecular flexibility index (Phi) is 6.13. The van der Waals surface area contributed by atoms with Crippen LogP contribution in [0, 0.1) is 22.0 Å². The van der Waals surface area contributed by atoms with E-state index in [4.69, 9.17) is 9.72 Å². The maximum absolute atomic E-state index is 13.7. The van der Waals surface area contributed by atoms with Crippen LogP contribution in [-0.2, 0) is 14.3 Å². The monoisotopic (exact) mass is 450 g/mol. The van der Waals surface area contributed by atoms with Crippen molar-refractivity contribution in [3.8, 4) is 0 Å². The van der Waals surface area contributed by atoms with Crippen LogP contribution in [0.4, 0.5) is 11.6 Å². The molecule has 0 saturated carbocycles. The lowest BCUT2D eigenvalue weighted by Crippen LogP contribution is -2.50. The number of fused-ring (bicyclic) bond motifs is 3. The van der Waals surface area contributed by atoms with Crippen molar-refractivity contribution in [1.29, 1.82) is 0 Å². The van der Waals surface area contributed by atoms with E-state index in [0.29, 0.717) is 29.5 Å². The lowest BCUT2D eigenvalue weighted by atomic mass is 9.89. The standard InChI is InChI=1S/C24H26N4O5/c1-4-33-23(30)20-21(16-8-7-9-17(14-16)28(31)32)27-19-11-6-5-10-18(19)25-24(27)26(22(20)29)13-12-15(2)3/h5-11,14-15,20-21H,4,12-13H2,1-3H3/t20-,21-/m1/s1. The average Bonchev–Trinajstić information content (AvgIpc) is 3.16. The summed E-state index contributed by atoms with van der Waals surface area (Å²) in [6, 6.07) is 12.6. The quantitative estimate of drug-likeness (QED) is 0.232. The maximum Gasteiger partial charge on any atom is 0.321 e. The molecule has 0 fully saturated rings. The lowest BCUT2D eigenvalue weighted by Gasteiger charge is -2.38. The Balaban J connectivity index is 1.98. The zero-order valence-corrected chi connectivity index (χ0v) is 18.8. The number of anilines is 1. The van der Waals surface area contributed by atoms with Crippen molar-refractivity contribution < 1.29 is 19.2 Å². The third kappa shape index (κ3) is 4.06. The number of carbonyl (C=O) groups excluding carboxylic acids is 2. The van der Waals surface area contributed by atoms with Crippen LogP contribution in [0.5, 0.6) is 0 Å². The number of benzene rings is 2. The molecular weight excluding hydrogens is 424 g/mol. The normalized spacial score (nSPS) is 17.9. The third-order valence-electron chi connectivity index (χ3n) is 5.84. The summed E-state index contributed by atoms with van der Waals surface area (Å²) in [6.45, 7) is 6.32. The summed E-state index contributed by atoms with van der Waals surface area (Å²) in [6.07, 6.45) is 0.728. The molecule has 0 spiro atoms. The molecule has 4 rings (SSSR count). The van der Waals surface area contributed by atoms with Gasteiger partial charge >= 0.3 is 5.97 Å². The highest BCUT2D eigenvalue weighted by Crippen LogP contribution is 2.42. The summed E-state index contributed by atoms with van der Waals surface area (Å²) < 4.78 is 7.15. The predicted molar refractivity (Wildman–Crippen MR) is 123 cm³/mol. The Hall–Kier alpha value is -3.75. The van der Waals surface area contributed by atoms with Gasteiger partial charge in [0.2, 0.25) is 11.9 Å². The highest BCUT2D eigenvalue weighted by Gasteiger charge is 2.48. The summed E-state index contributed by atoms with van der Waals surface area (Å²) in [4.78, 5) is 44.1. The lowest BCUT2D eigenvalue weighted by molar-refractivity contribution is -0.384. The van der Waals surface area contributed by atoms with E-state index in [1.165, 1.54) is 12.1 Å². The van der Waals surface area contributed by atoms with Crippen LogP contribution >= 0.6 is 0 Å². The molecule has 1 aromatic heterocycles. The van der Waals surface area contributed by atoms with Crippen molar-refractivity contribution >= 4 is 34.5 Å². The molecule has 0 aliphatic carbocycles. The van der Waals surface area contributed by atoms with E-state index in [9.17, 15) is 19.7 Å². The van der Waals surface area contributed by atoms with Crippen LogP contribution in [0.25, 0.3) is 11.0 Å². The maximum atomic E-state index is 13.7. The zero-order valence-electron chi connectivity index (χ0n) is 18.8. The fourth-order valence-corrected chi connectivity index (χ4v) is 4.27. The van der Waals surface area contributed by atoms with Gasteiger partial charge in [-0.25, -0.2) is 4.98 Å². The number of hydrogen-bond donors (Lipinski definition) is 0. The molecule has 0 radical (unpaired) electrons. The Labute approximate surface area is 191 Å². The van der Waals surface area contributed by atoms with Crippen molar-refractivity contribution in [1.82, 2.24) is 9.55 Å². The van der Waals surface area contributed by atoms with Gasteiger partial charge in [0.15, 0.2) is 5.92 Å². The van der Waals surface area contributed by atoms with E-state index in [-0.39, 0.29) is 12.3 Å². The Bertz CT molecular complexity index is 1220. The van der Waals surface area contributed by atoms with Crippen LogP contribution in [0.2, 0.25) is 0 Å². The van der Waals surface area contributed by atoms with Crippen molar-refractivity contribution in [2.45, 2.75) is 33.2 Å². The van der Waals surface area contributed by atoms with Gasteiger partial charge in [-0.05, 0) is 37.0 Å². The molecule has 0 saturated heterocycles. The van der Waals surface area contributed by atoms with Gasteiger partial charge in [0.25, 0.3) is 5.69 Å². The van der Waals surface area contributed by atoms with E-state index in [0.717, 1.165) is 11.9 Å². The summed E-state index contributed by atoms with van der Waals surface area (Å²) >= 11 is 0. The van der Waals surface area contributed by atoms with Crippen molar-refractivity contribution in [2.24, 2.45) is 11.8 Å². The minimum Gasteiger partial charge on any atom is -0.465 e. The first-order valence-electron chi connectivity index (χ1n) is 11.0. The number of imidazole rings is 1. The fraction of sp³-hybridized carbons (Fsp3) is 0.375. The number of amides is 1. The highest BCUT2D eigenvalue weighted by molar-refractivity contribution is 6.08. The van der Waals surface area contributed by atoms with Gasteiger partial charge in [0, 0.05) is 18.7 Å². The number of aromatic nitrogens is 2. The number of rotatable bonds is 7. The second kappa shape index (κ2) is 9.01. The molecule has 9 heteroatoms. The smallest absolute Gasteiger partial charge is 0.321 e. The second-order valence-corrected chi connectivity index (χ2v) is 8.47. The molecule has 1 amide bonds. The number of hydrogen-bond acceptors (Lipinski definition) is 6. The first kappa shape index (κ1) is 22.4. The van der Waals surface area contributed by atoms with Crippen molar-refractivity contribution in [2.75, 3.05) is 18.1 Å². The summed E-state index contributed by atoms with van der Waals surface area (Å²) in [5, 5.41) is 11.4. The van der Waals surface area contributed by atoms with Crippen LogP contribution in [-0.4, -0.2) is 39.5 Å². The molecule has 9 nitrogen and oxygen atoms in total. The van der Waals surface area contributed by atoms with E-state index >= 15 is 0 Å². The summed E-state index contributed by atoms with van der Waals surface area (Å²) in [7, 11) is 0. The molecule has 2 aromatic carbocycles. The SMILES string of the molecule is CCOC(=O)[C@H]1C(=O)N(CCC(C)C)c2nc3ccccc3n2[C@@H]1c1cccc([N+](=O)[O-])c1. The minimum absolute atomic E-state index is 0.115. The Morgan fingerprint density at radius 2 is 1.97 bits per heavy atom. The van der Waals surface area contributed by atoms with Gasteiger partial charge in [-0.2, -0.15) is 0 Å². The minimum atomic E-state index is -1.19. The number of nitro benzene ring substituents is 1. The molecule has 1 aliphatic rings. The second-order valence-electron chi connectivity index (χ2n) is 8.47. The van der Waals surface area contributed by atoms with Gasteiger partial charge in [0.05, 0.1) is 28.6 Å². The van der Waals surface area contributed by atoms with E-state index in [2.05, 4.69) is 13.8 Å². The number of para-hydroxylation sites is 2. The van der Waals surface area contributed by atoms with Gasteiger partial charge < -0.3 is 9.30 Å². The topological polar surface area (TPSA) is 108 Å². The summed E-state index contributed by atoms with van der Waals surface area (Å²) in [5.74, 6) is -1.49. The number of nitrogens with zero attached hydrogens (tertiary/aromatic N) is 4. The number of non-ortho nitro benzene ring substituents is 1. The number of carbonyl (C=O) groups is 2. The zero-order chi connectivity index (χ0) is 23.7. The van der Waals surface area contributed by atoms with Crippen molar-refractivity contribution in [3.05, 3.63) is 64.2 Å². The first-order valence-corrected chi connectivity index (χ1v) is 11.0. The van der Waals surface area contributed by atoms with Crippen molar-refractivity contribution in [3.63, 3.8) is 0 Å². The Morgan fingerprint density at radius 3 is 2.67 bits per heavy atom. The van der Waals surface area contributed by atoms with E-state index < -0.39 is 28.8 Å². The molecule has 33 heavy (non-hydrogen) atoms. The van der Waals surface area contributed by atoms with E-state index in [1.807, 2.05) is 28.8 Å². The fourth-order valence-electron chi connectivity index (χ4n) is 4.27. The third-order valence-corrected chi connectivity index (χ3v) is 5.84. The molecule has 2 heterocycles. The predicted octanol–water partition coefficient (Wildman–Crippen LogP) is 4.11. The molecule has 2 atom stereocenters. The molecule has 172 valence electrons. The van der Waals surface area contributed by atoms with Gasteiger partial charge in [0.1, 0.15) is 0 Å².